The van der Waals surface area contributed by atoms with Crippen LogP contribution < -0.4 is 15.1 Å². The van der Waals surface area contributed by atoms with Crippen LogP contribution in [0.1, 0.15) is 12.5 Å². The normalized spacial score (nSPS) is 17.9. The summed E-state index contributed by atoms with van der Waals surface area (Å²) in [5.74, 6) is 1.02. The van der Waals surface area contributed by atoms with Crippen LogP contribution in [0.3, 0.4) is 0 Å². The highest BCUT2D eigenvalue weighted by Gasteiger charge is 2.20. The number of para-hydroxylation sites is 2. The molecule has 30 heavy (non-hydrogen) atoms. The molecule has 0 unspecified atom stereocenters. The minimum atomic E-state index is 0.689. The van der Waals surface area contributed by atoms with Crippen LogP contribution in [0, 0.1) is 0 Å². The Labute approximate surface area is 180 Å². The van der Waals surface area contributed by atoms with E-state index in [9.17, 15) is 0 Å². The first kappa shape index (κ1) is 20.5. The number of morpholine rings is 1. The number of guanidine groups is 1. The van der Waals surface area contributed by atoms with E-state index >= 15 is 0 Å². The lowest BCUT2D eigenvalue weighted by atomic mass is 10.1. The van der Waals surface area contributed by atoms with Gasteiger partial charge in [0.05, 0.1) is 19.8 Å². The number of hydrogen-bond acceptors (Lipinski definition) is 4. The van der Waals surface area contributed by atoms with Gasteiger partial charge in [-0.05, 0) is 30.7 Å². The van der Waals surface area contributed by atoms with Gasteiger partial charge in [0.15, 0.2) is 5.96 Å². The SMILES string of the molecule is CCNC(=NCc1ccccc1N1CCOCC1)N1CCN(c2ccccc2)CC1. The van der Waals surface area contributed by atoms with E-state index in [1.54, 1.807) is 0 Å². The van der Waals surface area contributed by atoms with Crippen molar-refractivity contribution in [3.05, 3.63) is 60.2 Å². The Morgan fingerprint density at radius 2 is 1.57 bits per heavy atom. The summed E-state index contributed by atoms with van der Waals surface area (Å²) in [5, 5.41) is 3.50. The number of hydrogen-bond donors (Lipinski definition) is 1. The molecule has 2 aromatic rings. The molecule has 2 heterocycles. The van der Waals surface area contributed by atoms with Crippen molar-refractivity contribution in [2.45, 2.75) is 13.5 Å². The molecule has 4 rings (SSSR count). The highest BCUT2D eigenvalue weighted by Crippen LogP contribution is 2.22. The Bertz CT molecular complexity index is 811. The molecule has 0 atom stereocenters. The number of rotatable bonds is 5. The van der Waals surface area contributed by atoms with Crippen LogP contribution in [-0.2, 0) is 11.3 Å². The van der Waals surface area contributed by atoms with Crippen molar-refractivity contribution in [2.24, 2.45) is 4.99 Å². The van der Waals surface area contributed by atoms with Crippen molar-refractivity contribution >= 4 is 17.3 Å². The van der Waals surface area contributed by atoms with Crippen molar-refractivity contribution < 1.29 is 4.74 Å². The highest BCUT2D eigenvalue weighted by molar-refractivity contribution is 5.80. The first-order valence-corrected chi connectivity index (χ1v) is 11.1. The average molecular weight is 408 g/mol. The summed E-state index contributed by atoms with van der Waals surface area (Å²) in [6.45, 7) is 11.2. The second-order valence-corrected chi connectivity index (χ2v) is 7.71. The van der Waals surface area contributed by atoms with Crippen LogP contribution in [0.4, 0.5) is 11.4 Å². The third-order valence-corrected chi connectivity index (χ3v) is 5.78. The van der Waals surface area contributed by atoms with Crippen molar-refractivity contribution in [1.29, 1.82) is 0 Å². The number of nitrogens with zero attached hydrogens (tertiary/aromatic N) is 4. The van der Waals surface area contributed by atoms with Crippen LogP contribution in [0.25, 0.3) is 0 Å². The first-order chi connectivity index (χ1) is 14.8. The minimum absolute atomic E-state index is 0.689. The maximum Gasteiger partial charge on any atom is 0.194 e. The molecule has 0 aliphatic carbocycles. The van der Waals surface area contributed by atoms with Gasteiger partial charge in [-0.1, -0.05) is 36.4 Å². The van der Waals surface area contributed by atoms with Crippen LogP contribution >= 0.6 is 0 Å². The predicted octanol–water partition coefficient (Wildman–Crippen LogP) is 2.81. The van der Waals surface area contributed by atoms with Crippen molar-refractivity contribution in [3.8, 4) is 0 Å². The number of benzene rings is 2. The molecule has 2 aliphatic heterocycles. The fourth-order valence-corrected chi connectivity index (χ4v) is 4.16. The van der Waals surface area contributed by atoms with Gasteiger partial charge < -0.3 is 24.8 Å². The Morgan fingerprint density at radius 3 is 2.30 bits per heavy atom. The molecule has 0 saturated carbocycles. The molecule has 2 aromatic carbocycles. The highest BCUT2D eigenvalue weighted by atomic mass is 16.5. The van der Waals surface area contributed by atoms with Gasteiger partial charge >= 0.3 is 0 Å². The fraction of sp³-hybridized carbons (Fsp3) is 0.458. The molecule has 0 spiro atoms. The van der Waals surface area contributed by atoms with Gasteiger partial charge in [-0.25, -0.2) is 4.99 Å². The van der Waals surface area contributed by atoms with E-state index in [1.165, 1.54) is 16.9 Å². The van der Waals surface area contributed by atoms with Gasteiger partial charge in [0.2, 0.25) is 0 Å². The standard InChI is InChI=1S/C24H33N5O/c1-2-25-24(29-14-12-27(13-15-29)22-9-4-3-5-10-22)26-20-21-8-6-7-11-23(21)28-16-18-30-19-17-28/h3-11H,2,12-20H2,1H3,(H,25,26). The molecule has 2 saturated heterocycles. The van der Waals surface area contributed by atoms with Gasteiger partial charge in [0.25, 0.3) is 0 Å². The number of piperazine rings is 1. The molecule has 1 N–H and O–H groups in total. The lowest BCUT2D eigenvalue weighted by Gasteiger charge is -2.37. The zero-order valence-corrected chi connectivity index (χ0v) is 18.0. The summed E-state index contributed by atoms with van der Waals surface area (Å²) in [6.07, 6.45) is 0. The van der Waals surface area contributed by atoms with Crippen LogP contribution in [-0.4, -0.2) is 69.9 Å². The second kappa shape index (κ2) is 10.3. The first-order valence-electron chi connectivity index (χ1n) is 11.1. The van der Waals surface area contributed by atoms with E-state index in [4.69, 9.17) is 9.73 Å². The molecule has 6 nitrogen and oxygen atoms in total. The Morgan fingerprint density at radius 1 is 0.867 bits per heavy atom. The number of ether oxygens (including phenoxy) is 1. The predicted molar refractivity (Wildman–Crippen MR) is 125 cm³/mol. The molecular weight excluding hydrogens is 374 g/mol. The van der Waals surface area contributed by atoms with Gasteiger partial charge in [0.1, 0.15) is 0 Å². The number of aliphatic imine (C=N–C) groups is 1. The third-order valence-electron chi connectivity index (χ3n) is 5.78. The van der Waals surface area contributed by atoms with Crippen LogP contribution in [0.2, 0.25) is 0 Å². The van der Waals surface area contributed by atoms with E-state index < -0.39 is 0 Å². The molecule has 160 valence electrons. The Kier molecular flexibility index (Phi) is 7.08. The Hall–Kier alpha value is -2.73. The maximum atomic E-state index is 5.52. The van der Waals surface area contributed by atoms with E-state index in [0.717, 1.165) is 65.0 Å². The lowest BCUT2D eigenvalue weighted by Crippen LogP contribution is -2.52. The van der Waals surface area contributed by atoms with Gasteiger partial charge in [-0.2, -0.15) is 0 Å². The number of anilines is 2. The molecule has 0 bridgehead atoms. The van der Waals surface area contributed by atoms with Gasteiger partial charge in [-0.15, -0.1) is 0 Å². The monoisotopic (exact) mass is 407 g/mol. The molecule has 6 heteroatoms. The average Bonchev–Trinajstić information content (AvgIpc) is 2.83. The summed E-state index contributed by atoms with van der Waals surface area (Å²) in [6, 6.07) is 19.3. The molecule has 2 fully saturated rings. The molecule has 2 aliphatic rings. The topological polar surface area (TPSA) is 43.3 Å². The van der Waals surface area contributed by atoms with Crippen molar-refractivity contribution in [1.82, 2.24) is 10.2 Å². The summed E-state index contributed by atoms with van der Waals surface area (Å²) >= 11 is 0. The quantitative estimate of drug-likeness (QED) is 0.610. The van der Waals surface area contributed by atoms with Crippen LogP contribution in [0.15, 0.2) is 59.6 Å². The summed E-state index contributed by atoms with van der Waals surface area (Å²) in [7, 11) is 0. The minimum Gasteiger partial charge on any atom is -0.378 e. The fourth-order valence-electron chi connectivity index (χ4n) is 4.16. The van der Waals surface area contributed by atoms with E-state index in [2.05, 4.69) is 81.5 Å². The summed E-state index contributed by atoms with van der Waals surface area (Å²) in [4.78, 5) is 12.3. The zero-order valence-electron chi connectivity index (χ0n) is 18.0. The van der Waals surface area contributed by atoms with Crippen LogP contribution in [0.5, 0.6) is 0 Å². The van der Waals surface area contributed by atoms with Gasteiger partial charge in [-0.3, -0.25) is 0 Å². The van der Waals surface area contributed by atoms with E-state index in [1.807, 2.05) is 0 Å². The van der Waals surface area contributed by atoms with Crippen molar-refractivity contribution in [2.75, 3.05) is 68.8 Å². The zero-order chi connectivity index (χ0) is 20.6. The number of nitrogens with one attached hydrogen (secondary N) is 1. The molecule has 0 amide bonds. The van der Waals surface area contributed by atoms with Crippen molar-refractivity contribution in [3.63, 3.8) is 0 Å². The summed E-state index contributed by atoms with van der Waals surface area (Å²) < 4.78 is 5.52. The molecule has 0 radical (unpaired) electrons. The Balaban J connectivity index is 1.42. The van der Waals surface area contributed by atoms with E-state index in [-0.39, 0.29) is 0 Å². The largest absolute Gasteiger partial charge is 0.378 e. The summed E-state index contributed by atoms with van der Waals surface area (Å²) in [5.41, 5.74) is 3.87. The third kappa shape index (κ3) is 5.05. The maximum absolute atomic E-state index is 5.52. The lowest BCUT2D eigenvalue weighted by molar-refractivity contribution is 0.122. The second-order valence-electron chi connectivity index (χ2n) is 7.71. The smallest absolute Gasteiger partial charge is 0.194 e. The van der Waals surface area contributed by atoms with E-state index in [0.29, 0.717) is 6.54 Å². The molecular formula is C24H33N5O. The van der Waals surface area contributed by atoms with Gasteiger partial charge in [0, 0.05) is 57.2 Å². The molecule has 0 aromatic heterocycles.